The Bertz CT molecular complexity index is 1000. The summed E-state index contributed by atoms with van der Waals surface area (Å²) in [5, 5.41) is 4.42. The van der Waals surface area contributed by atoms with Crippen LogP contribution in [0.2, 0.25) is 0 Å². The number of thiazole rings is 1. The van der Waals surface area contributed by atoms with Gasteiger partial charge in [0.1, 0.15) is 16.9 Å². The smallest absolute Gasteiger partial charge is 0.267 e. The zero-order valence-electron chi connectivity index (χ0n) is 16.1. The largest absolute Gasteiger partial charge is 0.479 e. The van der Waals surface area contributed by atoms with Gasteiger partial charge in [0.15, 0.2) is 10.9 Å². The molecule has 2 heterocycles. The van der Waals surface area contributed by atoms with Crippen molar-refractivity contribution in [2.45, 2.75) is 6.42 Å². The number of carbonyl (C=O) groups is 1. The van der Waals surface area contributed by atoms with Gasteiger partial charge in [0.25, 0.3) is 5.91 Å². The molecule has 3 aromatic rings. The molecule has 0 spiro atoms. The van der Waals surface area contributed by atoms with Crippen molar-refractivity contribution in [2.75, 3.05) is 39.2 Å². The van der Waals surface area contributed by atoms with Crippen LogP contribution in [0.4, 0.5) is 13.9 Å². The number of hydrogen-bond donors (Lipinski definition) is 0. The van der Waals surface area contributed by atoms with Crippen LogP contribution >= 0.6 is 11.3 Å². The Morgan fingerprint density at radius 3 is 2.71 bits per heavy atom. The van der Waals surface area contributed by atoms with E-state index in [2.05, 4.69) is 10.1 Å². The fourth-order valence-electron chi connectivity index (χ4n) is 2.80. The summed E-state index contributed by atoms with van der Waals surface area (Å²) in [5.41, 5.74) is 0.325. The normalized spacial score (nSPS) is 11.4. The maximum Gasteiger partial charge on any atom is 0.267 e. The zero-order valence-corrected chi connectivity index (χ0v) is 16.9. The number of amides is 1. The minimum Gasteiger partial charge on any atom is -0.479 e. The highest BCUT2D eigenvalue weighted by atomic mass is 32.1. The Kier molecular flexibility index (Phi) is 5.90. The number of aryl methyl sites for hydroxylation is 1. The van der Waals surface area contributed by atoms with Crippen molar-refractivity contribution in [3.63, 3.8) is 0 Å². The summed E-state index contributed by atoms with van der Waals surface area (Å²) in [7, 11) is 7.00. The Morgan fingerprint density at radius 2 is 2.04 bits per heavy atom. The number of hydrogen-bond acceptors (Lipinski definition) is 6. The Morgan fingerprint density at radius 1 is 1.29 bits per heavy atom. The summed E-state index contributed by atoms with van der Waals surface area (Å²) >= 11 is 1.07. The summed E-state index contributed by atoms with van der Waals surface area (Å²) in [6.07, 6.45) is 2.24. The van der Waals surface area contributed by atoms with Gasteiger partial charge in [-0.3, -0.25) is 14.4 Å². The molecule has 0 aliphatic rings. The number of ether oxygens (including phenoxy) is 1. The predicted octanol–water partition coefficient (Wildman–Crippen LogP) is 2.92. The summed E-state index contributed by atoms with van der Waals surface area (Å²) in [6, 6.07) is 2.00. The van der Waals surface area contributed by atoms with E-state index >= 15 is 0 Å². The Hall–Kier alpha value is -2.59. The van der Waals surface area contributed by atoms with Crippen molar-refractivity contribution >= 4 is 32.6 Å². The minimum atomic E-state index is -0.753. The molecule has 150 valence electrons. The maximum absolute atomic E-state index is 14.1. The number of fused-ring (bicyclic) bond motifs is 1. The van der Waals surface area contributed by atoms with Crippen molar-refractivity contribution in [1.82, 2.24) is 19.7 Å². The molecule has 0 radical (unpaired) electrons. The summed E-state index contributed by atoms with van der Waals surface area (Å²) in [6.45, 7) is 1.11. The van der Waals surface area contributed by atoms with Gasteiger partial charge in [-0.05, 0) is 33.1 Å². The number of anilines is 1. The van der Waals surface area contributed by atoms with Gasteiger partial charge in [-0.1, -0.05) is 11.3 Å². The second-order valence-electron chi connectivity index (χ2n) is 6.57. The van der Waals surface area contributed by atoms with Gasteiger partial charge in [-0.15, -0.1) is 5.10 Å². The number of aromatic nitrogens is 3. The molecule has 1 amide bonds. The first-order valence-electron chi connectivity index (χ1n) is 8.60. The third kappa shape index (κ3) is 4.12. The SMILES string of the molecule is COc1nn(C)cc1C(=O)N(CCCN(C)C)c1nc2c(F)cc(F)cc2s1. The van der Waals surface area contributed by atoms with E-state index in [1.54, 1.807) is 13.2 Å². The predicted molar refractivity (Wildman–Crippen MR) is 104 cm³/mol. The number of rotatable bonds is 7. The molecule has 0 saturated heterocycles. The van der Waals surface area contributed by atoms with E-state index in [4.69, 9.17) is 4.74 Å². The lowest BCUT2D eigenvalue weighted by atomic mass is 10.2. The molecule has 10 heteroatoms. The van der Waals surface area contributed by atoms with Crippen LogP contribution < -0.4 is 9.64 Å². The van der Waals surface area contributed by atoms with Crippen LogP contribution in [0.15, 0.2) is 18.3 Å². The van der Waals surface area contributed by atoms with E-state index in [1.165, 1.54) is 22.8 Å². The van der Waals surface area contributed by atoms with Crippen molar-refractivity contribution in [3.05, 3.63) is 35.5 Å². The highest BCUT2D eigenvalue weighted by molar-refractivity contribution is 7.22. The molecule has 0 bridgehead atoms. The summed E-state index contributed by atoms with van der Waals surface area (Å²) < 4.78 is 34.7. The molecular weight excluding hydrogens is 388 g/mol. The standard InChI is InChI=1S/C18H21F2N5O2S/c1-23(2)6-5-7-25(17(26)12-10-24(3)22-16(12)27-4)18-21-15-13(20)8-11(19)9-14(15)28-18/h8-10H,5-7H2,1-4H3. The van der Waals surface area contributed by atoms with Crippen molar-refractivity contribution in [1.29, 1.82) is 0 Å². The first-order chi connectivity index (χ1) is 13.3. The summed E-state index contributed by atoms with van der Waals surface area (Å²) in [4.78, 5) is 20.9. The average molecular weight is 409 g/mol. The van der Waals surface area contributed by atoms with E-state index in [9.17, 15) is 13.6 Å². The lowest BCUT2D eigenvalue weighted by Gasteiger charge is -2.20. The van der Waals surface area contributed by atoms with Crippen molar-refractivity contribution < 1.29 is 18.3 Å². The second-order valence-corrected chi connectivity index (χ2v) is 7.58. The van der Waals surface area contributed by atoms with Gasteiger partial charge in [0.2, 0.25) is 5.88 Å². The number of halogens is 2. The molecule has 0 unspecified atom stereocenters. The van der Waals surface area contributed by atoms with E-state index in [1.807, 2.05) is 19.0 Å². The lowest BCUT2D eigenvalue weighted by Crippen LogP contribution is -2.33. The molecule has 7 nitrogen and oxygen atoms in total. The van der Waals surface area contributed by atoms with Crippen molar-refractivity contribution in [3.8, 4) is 5.88 Å². The molecule has 0 fully saturated rings. The maximum atomic E-state index is 14.1. The van der Waals surface area contributed by atoms with E-state index < -0.39 is 11.6 Å². The number of methoxy groups -OCH3 is 1. The molecule has 0 N–H and O–H groups in total. The Labute approximate surface area is 165 Å². The second kappa shape index (κ2) is 8.19. The number of nitrogens with zero attached hydrogens (tertiary/aromatic N) is 5. The molecule has 28 heavy (non-hydrogen) atoms. The number of carbonyl (C=O) groups excluding carboxylic acids is 1. The monoisotopic (exact) mass is 409 g/mol. The van der Waals surface area contributed by atoms with Gasteiger partial charge in [-0.25, -0.2) is 13.8 Å². The molecule has 0 saturated carbocycles. The minimum absolute atomic E-state index is 0.0463. The topological polar surface area (TPSA) is 63.5 Å². The molecule has 3 rings (SSSR count). The van der Waals surface area contributed by atoms with Gasteiger partial charge in [-0.2, -0.15) is 0 Å². The molecular formula is C18H21F2N5O2S. The first-order valence-corrected chi connectivity index (χ1v) is 9.41. The zero-order chi connectivity index (χ0) is 20.4. The van der Waals surface area contributed by atoms with Crippen LogP contribution in [0.5, 0.6) is 5.88 Å². The summed E-state index contributed by atoms with van der Waals surface area (Å²) in [5.74, 6) is -1.59. The van der Waals surface area contributed by atoms with Crippen LogP contribution in [0.25, 0.3) is 10.2 Å². The molecule has 1 aromatic carbocycles. The first kappa shape index (κ1) is 20.2. The van der Waals surface area contributed by atoms with E-state index in [-0.39, 0.29) is 22.9 Å². The highest BCUT2D eigenvalue weighted by Crippen LogP contribution is 2.32. The van der Waals surface area contributed by atoms with E-state index in [0.717, 1.165) is 23.9 Å². The highest BCUT2D eigenvalue weighted by Gasteiger charge is 2.26. The lowest BCUT2D eigenvalue weighted by molar-refractivity contribution is 0.0983. The molecule has 0 atom stereocenters. The quantitative estimate of drug-likeness (QED) is 0.600. The molecule has 0 aliphatic carbocycles. The van der Waals surface area contributed by atoms with Crippen LogP contribution in [0.1, 0.15) is 16.8 Å². The van der Waals surface area contributed by atoms with Gasteiger partial charge < -0.3 is 9.64 Å². The third-order valence-electron chi connectivity index (χ3n) is 4.08. The fourth-order valence-corrected chi connectivity index (χ4v) is 3.83. The van der Waals surface area contributed by atoms with Crippen LogP contribution in [0, 0.1) is 11.6 Å². The third-order valence-corrected chi connectivity index (χ3v) is 5.11. The average Bonchev–Trinajstić information content (AvgIpc) is 3.21. The Balaban J connectivity index is 2.01. The number of benzene rings is 1. The van der Waals surface area contributed by atoms with Crippen LogP contribution in [0.3, 0.4) is 0 Å². The molecule has 0 aliphatic heterocycles. The van der Waals surface area contributed by atoms with Gasteiger partial charge in [0.05, 0.1) is 11.8 Å². The van der Waals surface area contributed by atoms with Gasteiger partial charge >= 0.3 is 0 Å². The fraction of sp³-hybridized carbons (Fsp3) is 0.389. The van der Waals surface area contributed by atoms with Crippen LogP contribution in [-0.4, -0.2) is 59.9 Å². The van der Waals surface area contributed by atoms with Gasteiger partial charge in [0, 0.05) is 25.9 Å². The molecule has 2 aromatic heterocycles. The van der Waals surface area contributed by atoms with E-state index in [0.29, 0.717) is 22.8 Å². The van der Waals surface area contributed by atoms with Crippen LogP contribution in [-0.2, 0) is 7.05 Å². The van der Waals surface area contributed by atoms with Crippen molar-refractivity contribution in [2.24, 2.45) is 7.05 Å².